The minimum atomic E-state index is -0.492. The number of carbonyl (C=O) groups excluding carboxylic acids is 2. The number of halogens is 3. The van der Waals surface area contributed by atoms with Crippen LogP contribution >= 0.6 is 39.1 Å². The predicted molar refractivity (Wildman–Crippen MR) is 126 cm³/mol. The lowest BCUT2D eigenvalue weighted by molar-refractivity contribution is 0.0997. The van der Waals surface area contributed by atoms with Gasteiger partial charge in [-0.2, -0.15) is 0 Å². The first-order valence-corrected chi connectivity index (χ1v) is 10.7. The van der Waals surface area contributed by atoms with Crippen LogP contribution in [0.2, 0.25) is 10.0 Å². The van der Waals surface area contributed by atoms with Gasteiger partial charge in [-0.25, -0.2) is 0 Å². The van der Waals surface area contributed by atoms with E-state index in [0.717, 1.165) is 4.47 Å². The lowest BCUT2D eigenvalue weighted by atomic mass is 10.0. The lowest BCUT2D eigenvalue weighted by Gasteiger charge is -2.10. The van der Waals surface area contributed by atoms with Crippen molar-refractivity contribution in [3.05, 3.63) is 110 Å². The number of benzene rings is 3. The number of amides is 1. The van der Waals surface area contributed by atoms with Gasteiger partial charge in [-0.05, 0) is 48.5 Å². The molecule has 0 aliphatic carbocycles. The monoisotopic (exact) mass is 513 g/mol. The van der Waals surface area contributed by atoms with Crippen molar-refractivity contribution < 1.29 is 14.0 Å². The summed E-state index contributed by atoms with van der Waals surface area (Å²) < 4.78 is 6.42. The first-order valence-electron chi connectivity index (χ1n) is 9.18. The van der Waals surface area contributed by atoms with Gasteiger partial charge in [-0.1, -0.05) is 69.5 Å². The van der Waals surface area contributed by atoms with Crippen molar-refractivity contribution in [2.75, 3.05) is 5.32 Å². The van der Waals surface area contributed by atoms with Gasteiger partial charge in [0.2, 0.25) is 0 Å². The molecule has 1 N–H and O–H groups in total. The molecule has 0 spiro atoms. The molecule has 0 aliphatic heterocycles. The van der Waals surface area contributed by atoms with Crippen molar-refractivity contribution in [3.63, 3.8) is 0 Å². The van der Waals surface area contributed by atoms with E-state index in [4.69, 9.17) is 27.6 Å². The second kappa shape index (κ2) is 9.10. The Morgan fingerprint density at radius 1 is 0.871 bits per heavy atom. The van der Waals surface area contributed by atoms with Gasteiger partial charge in [0.25, 0.3) is 5.91 Å². The van der Waals surface area contributed by atoms with Crippen LogP contribution in [0.4, 0.5) is 5.69 Å². The quantitative estimate of drug-likeness (QED) is 0.280. The van der Waals surface area contributed by atoms with Gasteiger partial charge in [0, 0.05) is 26.2 Å². The molecule has 154 valence electrons. The second-order valence-electron chi connectivity index (χ2n) is 6.63. The molecule has 0 fully saturated rings. The van der Waals surface area contributed by atoms with Gasteiger partial charge in [0.05, 0.1) is 10.7 Å². The van der Waals surface area contributed by atoms with E-state index in [2.05, 4.69) is 21.2 Å². The number of hydrogen-bond donors (Lipinski definition) is 1. The Hall–Kier alpha value is -2.86. The van der Waals surface area contributed by atoms with E-state index in [1.807, 2.05) is 6.07 Å². The largest absolute Gasteiger partial charge is 0.451 e. The van der Waals surface area contributed by atoms with E-state index >= 15 is 0 Å². The first-order chi connectivity index (χ1) is 14.9. The van der Waals surface area contributed by atoms with E-state index in [9.17, 15) is 9.59 Å². The van der Waals surface area contributed by atoms with E-state index in [-0.39, 0.29) is 11.5 Å². The number of ketones is 1. The molecule has 4 rings (SSSR count). The zero-order chi connectivity index (χ0) is 22.0. The van der Waals surface area contributed by atoms with Crippen LogP contribution in [0.5, 0.6) is 0 Å². The molecule has 4 nitrogen and oxygen atoms in total. The number of rotatable bonds is 5. The minimum absolute atomic E-state index is 0.0760. The van der Waals surface area contributed by atoms with Crippen molar-refractivity contribution in [1.82, 2.24) is 0 Å². The molecule has 1 amide bonds. The van der Waals surface area contributed by atoms with Crippen LogP contribution in [0, 0.1) is 0 Å². The molecule has 1 aromatic heterocycles. The number of carbonyl (C=O) groups is 2. The van der Waals surface area contributed by atoms with E-state index < -0.39 is 5.91 Å². The van der Waals surface area contributed by atoms with Gasteiger partial charge < -0.3 is 9.73 Å². The Bertz CT molecular complexity index is 1290. The Morgan fingerprint density at radius 2 is 1.65 bits per heavy atom. The third kappa shape index (κ3) is 4.74. The van der Waals surface area contributed by atoms with E-state index in [1.165, 1.54) is 0 Å². The third-order valence-corrected chi connectivity index (χ3v) is 5.59. The zero-order valence-electron chi connectivity index (χ0n) is 15.9. The van der Waals surface area contributed by atoms with Crippen molar-refractivity contribution in [2.45, 2.75) is 0 Å². The second-order valence-corrected chi connectivity index (χ2v) is 8.39. The Morgan fingerprint density at radius 3 is 2.42 bits per heavy atom. The molecule has 0 radical (unpaired) electrons. The van der Waals surface area contributed by atoms with Crippen LogP contribution in [0.3, 0.4) is 0 Å². The summed E-state index contributed by atoms with van der Waals surface area (Å²) in [6.45, 7) is 0. The molecular weight excluding hydrogens is 501 g/mol. The highest BCUT2D eigenvalue weighted by Gasteiger charge is 2.19. The van der Waals surface area contributed by atoms with Gasteiger partial charge in [-0.3, -0.25) is 9.59 Å². The highest BCUT2D eigenvalue weighted by molar-refractivity contribution is 9.10. The summed E-state index contributed by atoms with van der Waals surface area (Å²) in [6.07, 6.45) is 0. The van der Waals surface area contributed by atoms with Crippen LogP contribution in [-0.4, -0.2) is 11.7 Å². The molecule has 0 saturated heterocycles. The molecule has 7 heteroatoms. The Labute approximate surface area is 196 Å². The standard InChI is InChI=1S/C24H14BrCl2NO3/c25-15-6-9-20(18(12-15)23(29)14-4-2-1-3-5-14)28-24(30)22-11-10-21(31-22)17-13-16(26)7-8-19(17)27/h1-13H,(H,28,30). The molecule has 4 aromatic rings. The summed E-state index contributed by atoms with van der Waals surface area (Å²) in [5.74, 6) is -0.210. The molecule has 0 unspecified atom stereocenters. The normalized spacial score (nSPS) is 10.7. The zero-order valence-corrected chi connectivity index (χ0v) is 19.0. The summed E-state index contributed by atoms with van der Waals surface area (Å²) >= 11 is 15.6. The van der Waals surface area contributed by atoms with Gasteiger partial charge in [0.1, 0.15) is 5.76 Å². The molecule has 0 atom stereocenters. The van der Waals surface area contributed by atoms with Crippen molar-refractivity contribution in [3.8, 4) is 11.3 Å². The number of anilines is 1. The van der Waals surface area contributed by atoms with Gasteiger partial charge >= 0.3 is 0 Å². The SMILES string of the molecule is O=C(Nc1ccc(Br)cc1C(=O)c1ccccc1)c1ccc(-c2cc(Cl)ccc2Cl)o1. The number of furan rings is 1. The van der Waals surface area contributed by atoms with Gasteiger partial charge in [-0.15, -0.1) is 0 Å². The topological polar surface area (TPSA) is 59.3 Å². The summed E-state index contributed by atoms with van der Waals surface area (Å²) in [4.78, 5) is 25.8. The fourth-order valence-electron chi connectivity index (χ4n) is 3.03. The summed E-state index contributed by atoms with van der Waals surface area (Å²) in [5.41, 5.74) is 1.84. The summed E-state index contributed by atoms with van der Waals surface area (Å²) in [6, 6.07) is 22.1. The molecule has 0 aliphatic rings. The lowest BCUT2D eigenvalue weighted by Crippen LogP contribution is -2.14. The van der Waals surface area contributed by atoms with E-state index in [0.29, 0.717) is 38.2 Å². The predicted octanol–water partition coefficient (Wildman–Crippen LogP) is 7.50. The molecule has 1 heterocycles. The highest BCUT2D eigenvalue weighted by Crippen LogP contribution is 2.32. The maximum atomic E-state index is 13.0. The highest BCUT2D eigenvalue weighted by atomic mass is 79.9. The number of hydrogen-bond acceptors (Lipinski definition) is 3. The molecule has 31 heavy (non-hydrogen) atoms. The van der Waals surface area contributed by atoms with Crippen molar-refractivity contribution >= 4 is 56.5 Å². The van der Waals surface area contributed by atoms with Crippen LogP contribution in [0.15, 0.2) is 87.8 Å². The fourth-order valence-corrected chi connectivity index (χ4v) is 3.78. The third-order valence-electron chi connectivity index (χ3n) is 4.53. The Balaban J connectivity index is 1.62. The van der Waals surface area contributed by atoms with Crippen LogP contribution in [-0.2, 0) is 0 Å². The average Bonchev–Trinajstić information content (AvgIpc) is 3.27. The molecule has 3 aromatic carbocycles. The van der Waals surface area contributed by atoms with Crippen LogP contribution < -0.4 is 5.32 Å². The Kier molecular flexibility index (Phi) is 6.28. The van der Waals surface area contributed by atoms with Crippen LogP contribution in [0.1, 0.15) is 26.5 Å². The summed E-state index contributed by atoms with van der Waals surface area (Å²) in [7, 11) is 0. The average molecular weight is 515 g/mol. The maximum absolute atomic E-state index is 13.0. The molecule has 0 saturated carbocycles. The first kappa shape index (κ1) is 21.4. The fraction of sp³-hybridized carbons (Fsp3) is 0. The van der Waals surface area contributed by atoms with Crippen LogP contribution in [0.25, 0.3) is 11.3 Å². The van der Waals surface area contributed by atoms with Crippen molar-refractivity contribution in [1.29, 1.82) is 0 Å². The van der Waals surface area contributed by atoms with E-state index in [1.54, 1.807) is 72.8 Å². The number of nitrogens with one attached hydrogen (secondary N) is 1. The smallest absolute Gasteiger partial charge is 0.291 e. The molecule has 0 bridgehead atoms. The van der Waals surface area contributed by atoms with Crippen molar-refractivity contribution in [2.24, 2.45) is 0 Å². The maximum Gasteiger partial charge on any atom is 0.291 e. The molecular formula is C24H14BrCl2NO3. The van der Waals surface area contributed by atoms with Gasteiger partial charge in [0.15, 0.2) is 11.5 Å². The minimum Gasteiger partial charge on any atom is -0.451 e. The summed E-state index contributed by atoms with van der Waals surface area (Å²) in [5, 5.41) is 3.72.